The topological polar surface area (TPSA) is 41.6 Å². The summed E-state index contributed by atoms with van der Waals surface area (Å²) < 4.78 is 19.1. The van der Waals surface area contributed by atoms with Crippen LogP contribution >= 0.6 is 24.0 Å². The second-order valence-electron chi connectivity index (χ2n) is 5.67. The Morgan fingerprint density at radius 2 is 2.04 bits per heavy atom. The van der Waals surface area contributed by atoms with Crippen molar-refractivity contribution in [3.63, 3.8) is 0 Å². The van der Waals surface area contributed by atoms with E-state index < -0.39 is 0 Å². The van der Waals surface area contributed by atoms with Crippen molar-refractivity contribution in [3.05, 3.63) is 65.5 Å². The number of thiocarbonyl (C=S) groups is 1. The Labute approximate surface area is 161 Å². The van der Waals surface area contributed by atoms with Gasteiger partial charge in [-0.25, -0.2) is 9.18 Å². The van der Waals surface area contributed by atoms with Gasteiger partial charge in [0.25, 0.3) is 0 Å². The van der Waals surface area contributed by atoms with Gasteiger partial charge in [-0.3, -0.25) is 0 Å². The molecule has 1 saturated heterocycles. The maximum absolute atomic E-state index is 14.1. The maximum atomic E-state index is 14.1. The van der Waals surface area contributed by atoms with E-state index in [2.05, 4.69) is 5.32 Å². The van der Waals surface area contributed by atoms with E-state index in [0.29, 0.717) is 22.8 Å². The lowest BCUT2D eigenvalue weighted by Gasteiger charge is -2.27. The van der Waals surface area contributed by atoms with Crippen molar-refractivity contribution in [1.29, 1.82) is 0 Å². The fraction of sp³-hybridized carbons (Fsp3) is 0.263. The summed E-state index contributed by atoms with van der Waals surface area (Å²) in [6.45, 7) is 2.86. The number of halogens is 1. The minimum absolute atomic E-state index is 0.144. The molecule has 3 rings (SSSR count). The minimum Gasteiger partial charge on any atom is -0.462 e. The Kier molecular flexibility index (Phi) is 6.11. The summed E-state index contributed by atoms with van der Waals surface area (Å²) in [7, 11) is 0. The standard InChI is InChI=1S/C19H19FN2O2S2/c1-2-24-18(23)13-7-9-14(10-8-13)21-19(25)22-11-12-26-17(22)15-5-3-4-6-16(15)20/h3-10,17H,2,11-12H2,1H3,(H,21,25)/t17-/m0/s1. The Balaban J connectivity index is 1.69. The van der Waals surface area contributed by atoms with Gasteiger partial charge in [0.1, 0.15) is 11.2 Å². The fourth-order valence-electron chi connectivity index (χ4n) is 2.71. The molecule has 0 saturated carbocycles. The van der Waals surface area contributed by atoms with Crippen LogP contribution in [0.2, 0.25) is 0 Å². The van der Waals surface area contributed by atoms with Gasteiger partial charge in [-0.1, -0.05) is 18.2 Å². The highest BCUT2D eigenvalue weighted by Gasteiger charge is 2.30. The molecule has 0 amide bonds. The van der Waals surface area contributed by atoms with Crippen LogP contribution in [-0.2, 0) is 4.74 Å². The molecule has 26 heavy (non-hydrogen) atoms. The molecule has 0 radical (unpaired) electrons. The summed E-state index contributed by atoms with van der Waals surface area (Å²) in [5, 5.41) is 3.56. The summed E-state index contributed by atoms with van der Waals surface area (Å²) >= 11 is 7.20. The van der Waals surface area contributed by atoms with Crippen LogP contribution in [0.3, 0.4) is 0 Å². The molecule has 2 aromatic carbocycles. The summed E-state index contributed by atoms with van der Waals surface area (Å²) in [5.74, 6) is 0.304. The van der Waals surface area contributed by atoms with Crippen molar-refractivity contribution in [2.75, 3.05) is 24.2 Å². The molecule has 0 bridgehead atoms. The van der Waals surface area contributed by atoms with Crippen molar-refractivity contribution in [2.24, 2.45) is 0 Å². The molecule has 0 aliphatic carbocycles. The van der Waals surface area contributed by atoms with E-state index >= 15 is 0 Å². The maximum Gasteiger partial charge on any atom is 0.338 e. The Hall–Kier alpha value is -2.12. The number of anilines is 1. The number of carbonyl (C=O) groups is 1. The van der Waals surface area contributed by atoms with Gasteiger partial charge in [0, 0.05) is 23.5 Å². The predicted octanol–water partition coefficient (Wildman–Crippen LogP) is 4.45. The summed E-state index contributed by atoms with van der Waals surface area (Å²) in [6, 6.07) is 13.7. The zero-order valence-corrected chi connectivity index (χ0v) is 15.9. The molecular formula is C19H19FN2O2S2. The van der Waals surface area contributed by atoms with E-state index in [1.54, 1.807) is 55.1 Å². The predicted molar refractivity (Wildman–Crippen MR) is 107 cm³/mol. The van der Waals surface area contributed by atoms with E-state index in [1.165, 1.54) is 6.07 Å². The van der Waals surface area contributed by atoms with Crippen LogP contribution in [0.1, 0.15) is 28.2 Å². The Bertz CT molecular complexity index is 798. The van der Waals surface area contributed by atoms with Crippen LogP contribution in [0.4, 0.5) is 10.1 Å². The van der Waals surface area contributed by atoms with Crippen molar-refractivity contribution in [2.45, 2.75) is 12.3 Å². The van der Waals surface area contributed by atoms with Crippen molar-refractivity contribution in [1.82, 2.24) is 4.90 Å². The highest BCUT2D eigenvalue weighted by Crippen LogP contribution is 2.39. The molecule has 0 aromatic heterocycles. The van der Waals surface area contributed by atoms with Crippen LogP contribution in [0.25, 0.3) is 0 Å². The number of carbonyl (C=O) groups excluding carboxylic acids is 1. The third-order valence-electron chi connectivity index (χ3n) is 3.97. The number of esters is 1. The average molecular weight is 391 g/mol. The normalized spacial score (nSPS) is 16.4. The Morgan fingerprint density at radius 3 is 2.73 bits per heavy atom. The number of rotatable bonds is 4. The molecule has 1 heterocycles. The van der Waals surface area contributed by atoms with Gasteiger partial charge in [0.15, 0.2) is 5.11 Å². The van der Waals surface area contributed by atoms with Crippen molar-refractivity contribution < 1.29 is 13.9 Å². The third-order valence-corrected chi connectivity index (χ3v) is 5.55. The molecule has 1 fully saturated rings. The SMILES string of the molecule is CCOC(=O)c1ccc(NC(=S)N2CCS[C@H]2c2ccccc2F)cc1. The average Bonchev–Trinajstić information content (AvgIpc) is 3.12. The molecule has 0 unspecified atom stereocenters. The van der Waals surface area contributed by atoms with Crippen LogP contribution in [0, 0.1) is 5.82 Å². The quantitative estimate of drug-likeness (QED) is 0.615. The van der Waals surface area contributed by atoms with E-state index in [-0.39, 0.29) is 17.2 Å². The molecule has 0 spiro atoms. The molecule has 1 aliphatic heterocycles. The molecule has 7 heteroatoms. The van der Waals surface area contributed by atoms with E-state index in [9.17, 15) is 9.18 Å². The summed E-state index contributed by atoms with van der Waals surface area (Å²) in [6.07, 6.45) is 0. The third kappa shape index (κ3) is 4.16. The van der Waals surface area contributed by atoms with Gasteiger partial charge in [-0.15, -0.1) is 11.8 Å². The Morgan fingerprint density at radius 1 is 1.31 bits per heavy atom. The summed E-state index contributed by atoms with van der Waals surface area (Å²) in [4.78, 5) is 13.7. The molecule has 1 atom stereocenters. The lowest BCUT2D eigenvalue weighted by molar-refractivity contribution is 0.0526. The van der Waals surface area contributed by atoms with Crippen LogP contribution < -0.4 is 5.32 Å². The largest absolute Gasteiger partial charge is 0.462 e. The second-order valence-corrected chi connectivity index (χ2v) is 7.24. The van der Waals surface area contributed by atoms with Crippen molar-refractivity contribution in [3.8, 4) is 0 Å². The highest BCUT2D eigenvalue weighted by atomic mass is 32.2. The first-order chi connectivity index (χ1) is 12.6. The first kappa shape index (κ1) is 18.7. The number of nitrogens with one attached hydrogen (secondary N) is 1. The van der Waals surface area contributed by atoms with Gasteiger partial charge in [0.2, 0.25) is 0 Å². The van der Waals surface area contributed by atoms with Crippen LogP contribution in [0.15, 0.2) is 48.5 Å². The number of benzene rings is 2. The monoisotopic (exact) mass is 390 g/mol. The number of thioether (sulfide) groups is 1. The second kappa shape index (κ2) is 8.51. The summed E-state index contributed by atoms with van der Waals surface area (Å²) in [5.41, 5.74) is 1.90. The van der Waals surface area contributed by atoms with E-state index in [4.69, 9.17) is 17.0 Å². The molecule has 136 valence electrons. The van der Waals surface area contributed by atoms with E-state index in [1.807, 2.05) is 11.0 Å². The first-order valence-corrected chi connectivity index (χ1v) is 9.76. The van der Waals surface area contributed by atoms with Gasteiger partial charge in [0.05, 0.1) is 12.2 Å². The van der Waals surface area contributed by atoms with Gasteiger partial charge < -0.3 is 15.0 Å². The van der Waals surface area contributed by atoms with Gasteiger partial charge >= 0.3 is 5.97 Å². The zero-order chi connectivity index (χ0) is 18.5. The molecular weight excluding hydrogens is 371 g/mol. The lowest BCUT2D eigenvalue weighted by Crippen LogP contribution is -2.34. The number of hydrogen-bond acceptors (Lipinski definition) is 4. The van der Waals surface area contributed by atoms with Crippen molar-refractivity contribution >= 4 is 40.7 Å². The number of nitrogens with zero attached hydrogens (tertiary/aromatic N) is 1. The van der Waals surface area contributed by atoms with Crippen LogP contribution in [0.5, 0.6) is 0 Å². The zero-order valence-electron chi connectivity index (χ0n) is 14.3. The number of ether oxygens (including phenoxy) is 1. The van der Waals surface area contributed by atoms with Gasteiger partial charge in [-0.05, 0) is 49.5 Å². The fourth-order valence-corrected chi connectivity index (χ4v) is 4.38. The molecule has 1 N–H and O–H groups in total. The molecule has 1 aliphatic rings. The molecule has 2 aromatic rings. The highest BCUT2D eigenvalue weighted by molar-refractivity contribution is 7.99. The molecule has 4 nitrogen and oxygen atoms in total. The first-order valence-electron chi connectivity index (χ1n) is 8.31. The minimum atomic E-state index is -0.350. The smallest absolute Gasteiger partial charge is 0.338 e. The van der Waals surface area contributed by atoms with Crippen LogP contribution in [-0.4, -0.2) is 34.9 Å². The van der Waals surface area contributed by atoms with E-state index in [0.717, 1.165) is 18.0 Å². The number of hydrogen-bond donors (Lipinski definition) is 1. The lowest BCUT2D eigenvalue weighted by atomic mass is 10.2. The van der Waals surface area contributed by atoms with Gasteiger partial charge in [-0.2, -0.15) is 0 Å².